The van der Waals surface area contributed by atoms with Crippen LogP contribution in [0.4, 0.5) is 17.6 Å². The van der Waals surface area contributed by atoms with Crippen molar-refractivity contribution in [1.29, 1.82) is 0 Å². The first-order chi connectivity index (χ1) is 7.78. The number of rotatable bonds is 4. The molecule has 1 aromatic carbocycles. The zero-order valence-corrected chi connectivity index (χ0v) is 9.21. The van der Waals surface area contributed by atoms with Crippen molar-refractivity contribution in [2.24, 2.45) is 0 Å². The molecule has 0 bridgehead atoms. The van der Waals surface area contributed by atoms with Gasteiger partial charge in [-0.25, -0.2) is 4.39 Å². The van der Waals surface area contributed by atoms with Gasteiger partial charge in [-0.2, -0.15) is 13.2 Å². The molecule has 0 amide bonds. The number of nitrogens with zero attached hydrogens (tertiary/aromatic N) is 1. The SMILES string of the molecule is CN(CC(O)c1ccc(F)cc1)CC(F)(F)F. The summed E-state index contributed by atoms with van der Waals surface area (Å²) in [6.07, 6.45) is -5.36. The third-order valence-corrected chi connectivity index (χ3v) is 2.19. The van der Waals surface area contributed by atoms with Gasteiger partial charge in [0.2, 0.25) is 0 Å². The summed E-state index contributed by atoms with van der Waals surface area (Å²) in [7, 11) is 1.26. The molecule has 0 saturated carbocycles. The van der Waals surface area contributed by atoms with Crippen LogP contribution in [-0.4, -0.2) is 36.3 Å². The van der Waals surface area contributed by atoms with Gasteiger partial charge in [0, 0.05) is 6.54 Å². The molecule has 0 aliphatic heterocycles. The number of halogens is 4. The van der Waals surface area contributed by atoms with E-state index in [0.29, 0.717) is 5.56 Å². The summed E-state index contributed by atoms with van der Waals surface area (Å²) in [6, 6.07) is 5.01. The number of alkyl halides is 3. The minimum Gasteiger partial charge on any atom is -0.387 e. The molecule has 0 saturated heterocycles. The van der Waals surface area contributed by atoms with E-state index in [9.17, 15) is 22.7 Å². The van der Waals surface area contributed by atoms with Crippen LogP contribution in [0.2, 0.25) is 0 Å². The van der Waals surface area contributed by atoms with Crippen molar-refractivity contribution >= 4 is 0 Å². The summed E-state index contributed by atoms with van der Waals surface area (Å²) in [6.45, 7) is -1.25. The zero-order chi connectivity index (χ0) is 13.1. The van der Waals surface area contributed by atoms with Crippen LogP contribution < -0.4 is 0 Å². The van der Waals surface area contributed by atoms with E-state index in [-0.39, 0.29) is 6.54 Å². The average molecular weight is 251 g/mol. The maximum atomic E-state index is 12.6. The Morgan fingerprint density at radius 3 is 2.24 bits per heavy atom. The standard InChI is InChI=1S/C11H13F4NO/c1-16(7-11(13,14)15)6-10(17)8-2-4-9(12)5-3-8/h2-5,10,17H,6-7H2,1H3. The number of likely N-dealkylation sites (N-methyl/N-ethyl adjacent to an activating group) is 1. The zero-order valence-electron chi connectivity index (χ0n) is 9.21. The lowest BCUT2D eigenvalue weighted by atomic mass is 10.1. The number of aliphatic hydroxyl groups is 1. The lowest BCUT2D eigenvalue weighted by molar-refractivity contribution is -0.145. The highest BCUT2D eigenvalue weighted by atomic mass is 19.4. The Hall–Kier alpha value is -1.14. The quantitative estimate of drug-likeness (QED) is 0.830. The van der Waals surface area contributed by atoms with Crippen molar-refractivity contribution in [2.75, 3.05) is 20.1 Å². The summed E-state index contributed by atoms with van der Waals surface area (Å²) in [5.74, 6) is -0.454. The molecule has 0 aliphatic rings. The Labute approximate surface area is 96.5 Å². The van der Waals surface area contributed by atoms with Crippen LogP contribution in [0.1, 0.15) is 11.7 Å². The normalized spacial score (nSPS) is 14.1. The predicted molar refractivity (Wildman–Crippen MR) is 54.9 cm³/mol. The third-order valence-electron chi connectivity index (χ3n) is 2.19. The highest BCUT2D eigenvalue weighted by Crippen LogP contribution is 2.19. The van der Waals surface area contributed by atoms with Crippen LogP contribution in [0.5, 0.6) is 0 Å². The highest BCUT2D eigenvalue weighted by molar-refractivity contribution is 5.18. The summed E-state index contributed by atoms with van der Waals surface area (Å²) < 4.78 is 48.7. The Balaban J connectivity index is 2.54. The molecule has 1 N–H and O–H groups in total. The number of hydrogen-bond donors (Lipinski definition) is 1. The fourth-order valence-electron chi connectivity index (χ4n) is 1.46. The molecule has 1 aromatic rings. The summed E-state index contributed by atoms with van der Waals surface area (Å²) in [4.78, 5) is 0.966. The van der Waals surface area contributed by atoms with Crippen molar-refractivity contribution in [2.45, 2.75) is 12.3 Å². The first-order valence-electron chi connectivity index (χ1n) is 4.97. The maximum absolute atomic E-state index is 12.6. The van der Waals surface area contributed by atoms with Crippen LogP contribution in [0.15, 0.2) is 24.3 Å². The second kappa shape index (κ2) is 5.46. The van der Waals surface area contributed by atoms with Gasteiger partial charge in [-0.3, -0.25) is 4.90 Å². The first kappa shape index (κ1) is 13.9. The second-order valence-corrected chi connectivity index (χ2v) is 3.88. The van der Waals surface area contributed by atoms with E-state index in [1.54, 1.807) is 0 Å². The fourth-order valence-corrected chi connectivity index (χ4v) is 1.46. The molecule has 1 rings (SSSR count). The fraction of sp³-hybridized carbons (Fsp3) is 0.455. The van der Waals surface area contributed by atoms with Crippen LogP contribution in [0.25, 0.3) is 0 Å². The highest BCUT2D eigenvalue weighted by Gasteiger charge is 2.29. The van der Waals surface area contributed by atoms with Crippen LogP contribution in [-0.2, 0) is 0 Å². The van der Waals surface area contributed by atoms with Crippen LogP contribution in [0.3, 0.4) is 0 Å². The minimum atomic E-state index is -4.29. The molecule has 0 spiro atoms. The molecule has 0 aromatic heterocycles. The topological polar surface area (TPSA) is 23.5 Å². The Morgan fingerprint density at radius 1 is 1.24 bits per heavy atom. The lowest BCUT2D eigenvalue weighted by Gasteiger charge is -2.21. The van der Waals surface area contributed by atoms with Crippen LogP contribution in [0, 0.1) is 5.82 Å². The predicted octanol–water partition coefficient (Wildman–Crippen LogP) is 2.35. The van der Waals surface area contributed by atoms with Gasteiger partial charge in [0.05, 0.1) is 12.6 Å². The van der Waals surface area contributed by atoms with Gasteiger partial charge in [0.25, 0.3) is 0 Å². The van der Waals surface area contributed by atoms with Crippen molar-refractivity contribution in [3.8, 4) is 0 Å². The van der Waals surface area contributed by atoms with E-state index in [1.807, 2.05) is 0 Å². The van der Waals surface area contributed by atoms with E-state index in [0.717, 1.165) is 17.0 Å². The van der Waals surface area contributed by atoms with Gasteiger partial charge in [0.15, 0.2) is 0 Å². The number of hydrogen-bond acceptors (Lipinski definition) is 2. The molecule has 2 nitrogen and oxygen atoms in total. The molecule has 6 heteroatoms. The minimum absolute atomic E-state index is 0.162. The van der Waals surface area contributed by atoms with E-state index in [2.05, 4.69) is 0 Å². The molecule has 0 aliphatic carbocycles. The Bertz CT molecular complexity index is 349. The summed E-state index contributed by atoms with van der Waals surface area (Å²) in [5, 5.41) is 9.65. The van der Waals surface area contributed by atoms with Gasteiger partial charge in [-0.05, 0) is 24.7 Å². The lowest BCUT2D eigenvalue weighted by Crippen LogP contribution is -2.34. The molecule has 0 fully saturated rings. The first-order valence-corrected chi connectivity index (χ1v) is 4.97. The maximum Gasteiger partial charge on any atom is 0.401 e. The molecule has 17 heavy (non-hydrogen) atoms. The average Bonchev–Trinajstić information content (AvgIpc) is 2.15. The van der Waals surface area contributed by atoms with E-state index in [4.69, 9.17) is 0 Å². The van der Waals surface area contributed by atoms with E-state index < -0.39 is 24.6 Å². The Kier molecular flexibility index (Phi) is 4.47. The van der Waals surface area contributed by atoms with Gasteiger partial charge < -0.3 is 5.11 Å². The number of aliphatic hydroxyl groups excluding tert-OH is 1. The van der Waals surface area contributed by atoms with Gasteiger partial charge in [0.1, 0.15) is 5.82 Å². The molecular formula is C11H13F4NO. The van der Waals surface area contributed by atoms with Crippen LogP contribution >= 0.6 is 0 Å². The summed E-state index contributed by atoms with van der Waals surface area (Å²) >= 11 is 0. The molecule has 1 atom stereocenters. The molecular weight excluding hydrogens is 238 g/mol. The summed E-state index contributed by atoms with van der Waals surface area (Å²) in [5.41, 5.74) is 0.389. The number of benzene rings is 1. The molecule has 96 valence electrons. The van der Waals surface area contributed by atoms with Crippen molar-refractivity contribution < 1.29 is 22.7 Å². The molecule has 0 radical (unpaired) electrons. The van der Waals surface area contributed by atoms with Crippen molar-refractivity contribution in [3.05, 3.63) is 35.6 Å². The largest absolute Gasteiger partial charge is 0.401 e. The van der Waals surface area contributed by atoms with Crippen molar-refractivity contribution in [1.82, 2.24) is 4.90 Å². The Morgan fingerprint density at radius 2 is 1.76 bits per heavy atom. The van der Waals surface area contributed by atoms with Gasteiger partial charge in [-0.1, -0.05) is 12.1 Å². The second-order valence-electron chi connectivity index (χ2n) is 3.88. The monoisotopic (exact) mass is 251 g/mol. The van der Waals surface area contributed by atoms with Crippen molar-refractivity contribution in [3.63, 3.8) is 0 Å². The molecule has 0 heterocycles. The van der Waals surface area contributed by atoms with E-state index in [1.165, 1.54) is 19.2 Å². The van der Waals surface area contributed by atoms with Gasteiger partial charge in [-0.15, -0.1) is 0 Å². The van der Waals surface area contributed by atoms with E-state index >= 15 is 0 Å². The third kappa shape index (κ3) is 5.14. The van der Waals surface area contributed by atoms with Gasteiger partial charge >= 0.3 is 6.18 Å². The smallest absolute Gasteiger partial charge is 0.387 e. The molecule has 1 unspecified atom stereocenters.